The van der Waals surface area contributed by atoms with Crippen LogP contribution in [-0.4, -0.2) is 37.4 Å². The molecule has 2 N–H and O–H groups in total. The fraction of sp³-hybridized carbons (Fsp3) is 0.417. The first-order valence-electron chi connectivity index (χ1n) is 6.45. The van der Waals surface area contributed by atoms with E-state index < -0.39 is 0 Å². The number of H-pyrrole nitrogens is 1. The minimum Gasteiger partial charge on any atom is -0.347 e. The van der Waals surface area contributed by atoms with Gasteiger partial charge in [-0.1, -0.05) is 0 Å². The molecule has 1 aliphatic carbocycles. The number of aromatic amines is 1. The summed E-state index contributed by atoms with van der Waals surface area (Å²) in [6.45, 7) is 0.639. The van der Waals surface area contributed by atoms with Gasteiger partial charge in [-0.05, 0) is 18.9 Å². The van der Waals surface area contributed by atoms with Crippen LogP contribution in [0.25, 0.3) is 0 Å². The zero-order valence-electron chi connectivity index (χ0n) is 10.7. The van der Waals surface area contributed by atoms with Crippen LogP contribution in [0.1, 0.15) is 35.1 Å². The zero-order valence-corrected chi connectivity index (χ0v) is 10.7. The first kappa shape index (κ1) is 12.5. The van der Waals surface area contributed by atoms with Crippen molar-refractivity contribution in [2.75, 3.05) is 6.54 Å². The summed E-state index contributed by atoms with van der Waals surface area (Å²) in [6.07, 6.45) is 3.53. The van der Waals surface area contributed by atoms with Gasteiger partial charge < -0.3 is 5.32 Å². The molecule has 1 fully saturated rings. The Morgan fingerprint density at radius 1 is 1.45 bits per heavy atom. The lowest BCUT2D eigenvalue weighted by atomic mass is 10.3. The fourth-order valence-electron chi connectivity index (χ4n) is 1.90. The Kier molecular flexibility index (Phi) is 3.28. The number of hydrogen-bond donors (Lipinski definition) is 2. The molecular formula is C12H14N6O2. The molecule has 0 aliphatic heterocycles. The average molecular weight is 274 g/mol. The SMILES string of the molecule is O=C(NCCn1nc(C2CC2)ccc1=O)c1ncn[nH]1. The van der Waals surface area contributed by atoms with E-state index in [1.807, 2.05) is 0 Å². The Labute approximate surface area is 114 Å². The average Bonchev–Trinajstić information content (AvgIpc) is 3.15. The van der Waals surface area contributed by atoms with Gasteiger partial charge >= 0.3 is 0 Å². The van der Waals surface area contributed by atoms with Crippen molar-refractivity contribution in [2.45, 2.75) is 25.3 Å². The van der Waals surface area contributed by atoms with E-state index in [2.05, 4.69) is 25.6 Å². The van der Waals surface area contributed by atoms with Gasteiger partial charge in [-0.15, -0.1) is 0 Å². The lowest BCUT2D eigenvalue weighted by Crippen LogP contribution is -2.32. The van der Waals surface area contributed by atoms with Crippen LogP contribution >= 0.6 is 0 Å². The molecule has 0 unspecified atom stereocenters. The molecule has 0 bridgehead atoms. The highest BCUT2D eigenvalue weighted by molar-refractivity contribution is 5.90. The predicted octanol–water partition coefficient (Wildman–Crippen LogP) is -0.331. The molecule has 0 aromatic carbocycles. The summed E-state index contributed by atoms with van der Waals surface area (Å²) in [5, 5.41) is 13.0. The van der Waals surface area contributed by atoms with Crippen LogP contribution in [-0.2, 0) is 6.54 Å². The summed E-state index contributed by atoms with van der Waals surface area (Å²) < 4.78 is 1.38. The monoisotopic (exact) mass is 274 g/mol. The first-order valence-corrected chi connectivity index (χ1v) is 6.45. The van der Waals surface area contributed by atoms with Crippen molar-refractivity contribution in [1.29, 1.82) is 0 Å². The van der Waals surface area contributed by atoms with Gasteiger partial charge in [-0.3, -0.25) is 14.7 Å². The zero-order chi connectivity index (χ0) is 13.9. The Bertz CT molecular complexity index is 659. The van der Waals surface area contributed by atoms with Crippen molar-refractivity contribution in [3.8, 4) is 0 Å². The smallest absolute Gasteiger partial charge is 0.288 e. The molecule has 2 aromatic heterocycles. The molecule has 2 heterocycles. The number of carbonyl (C=O) groups excluding carboxylic acids is 1. The molecule has 0 saturated heterocycles. The molecule has 0 atom stereocenters. The first-order chi connectivity index (χ1) is 9.74. The maximum absolute atomic E-state index is 11.7. The van der Waals surface area contributed by atoms with Gasteiger partial charge in [-0.2, -0.15) is 10.2 Å². The molecule has 0 spiro atoms. The van der Waals surface area contributed by atoms with E-state index in [1.165, 1.54) is 17.1 Å². The number of nitrogens with zero attached hydrogens (tertiary/aromatic N) is 4. The summed E-state index contributed by atoms with van der Waals surface area (Å²) in [6, 6.07) is 3.31. The van der Waals surface area contributed by atoms with E-state index in [0.29, 0.717) is 19.0 Å². The number of amides is 1. The second-order valence-corrected chi connectivity index (χ2v) is 4.68. The van der Waals surface area contributed by atoms with E-state index >= 15 is 0 Å². The molecule has 2 aromatic rings. The molecule has 0 radical (unpaired) electrons. The lowest BCUT2D eigenvalue weighted by Gasteiger charge is -2.07. The number of nitrogens with one attached hydrogen (secondary N) is 2. The summed E-state index contributed by atoms with van der Waals surface area (Å²) in [5.74, 6) is 0.288. The summed E-state index contributed by atoms with van der Waals surface area (Å²) in [4.78, 5) is 27.0. The van der Waals surface area contributed by atoms with E-state index in [0.717, 1.165) is 18.5 Å². The molecule has 1 saturated carbocycles. The summed E-state index contributed by atoms with van der Waals surface area (Å²) >= 11 is 0. The van der Waals surface area contributed by atoms with E-state index in [9.17, 15) is 9.59 Å². The molecule has 20 heavy (non-hydrogen) atoms. The van der Waals surface area contributed by atoms with Crippen molar-refractivity contribution in [3.63, 3.8) is 0 Å². The van der Waals surface area contributed by atoms with Crippen LogP contribution in [0, 0.1) is 0 Å². The maximum Gasteiger partial charge on any atom is 0.288 e. The molecule has 8 heteroatoms. The molecule has 8 nitrogen and oxygen atoms in total. The Morgan fingerprint density at radius 2 is 2.30 bits per heavy atom. The number of carbonyl (C=O) groups is 1. The van der Waals surface area contributed by atoms with Crippen LogP contribution < -0.4 is 10.9 Å². The van der Waals surface area contributed by atoms with E-state index in [4.69, 9.17) is 0 Å². The standard InChI is InChI=1S/C12H14N6O2/c19-10-4-3-9(8-1-2-8)17-18(10)6-5-13-12(20)11-14-7-15-16-11/h3-4,7-8H,1-2,5-6H2,(H,13,20)(H,14,15,16). The number of aromatic nitrogens is 5. The predicted molar refractivity (Wildman–Crippen MR) is 69.2 cm³/mol. The topological polar surface area (TPSA) is 106 Å². The highest BCUT2D eigenvalue weighted by Gasteiger charge is 2.25. The van der Waals surface area contributed by atoms with Gasteiger partial charge in [0.1, 0.15) is 6.33 Å². The highest BCUT2D eigenvalue weighted by Crippen LogP contribution is 2.38. The Balaban J connectivity index is 1.59. The largest absolute Gasteiger partial charge is 0.347 e. The summed E-state index contributed by atoms with van der Waals surface area (Å²) in [7, 11) is 0. The summed E-state index contributed by atoms with van der Waals surface area (Å²) in [5.41, 5.74) is 0.787. The number of rotatable bonds is 5. The molecular weight excluding hydrogens is 260 g/mol. The van der Waals surface area contributed by atoms with Crippen LogP contribution in [0.3, 0.4) is 0 Å². The van der Waals surface area contributed by atoms with Gasteiger partial charge in [0.15, 0.2) is 0 Å². The van der Waals surface area contributed by atoms with Crippen LogP contribution in [0.15, 0.2) is 23.3 Å². The van der Waals surface area contributed by atoms with Crippen molar-refractivity contribution < 1.29 is 4.79 Å². The van der Waals surface area contributed by atoms with Crippen molar-refractivity contribution in [3.05, 3.63) is 40.3 Å². The lowest BCUT2D eigenvalue weighted by molar-refractivity contribution is 0.0942. The third-order valence-electron chi connectivity index (χ3n) is 3.12. The van der Waals surface area contributed by atoms with Crippen LogP contribution in [0.4, 0.5) is 0 Å². The highest BCUT2D eigenvalue weighted by atomic mass is 16.2. The van der Waals surface area contributed by atoms with Crippen molar-refractivity contribution in [2.24, 2.45) is 0 Å². The Hall–Kier alpha value is -2.51. The van der Waals surface area contributed by atoms with Gasteiger partial charge in [0, 0.05) is 18.5 Å². The third-order valence-corrected chi connectivity index (χ3v) is 3.12. The minimum atomic E-state index is -0.353. The minimum absolute atomic E-state index is 0.150. The second kappa shape index (κ2) is 5.24. The molecule has 1 amide bonds. The van der Waals surface area contributed by atoms with Gasteiger partial charge in [0.05, 0.1) is 12.2 Å². The van der Waals surface area contributed by atoms with Crippen molar-refractivity contribution in [1.82, 2.24) is 30.3 Å². The molecule has 104 valence electrons. The maximum atomic E-state index is 11.7. The van der Waals surface area contributed by atoms with Gasteiger partial charge in [0.2, 0.25) is 5.82 Å². The fourth-order valence-corrected chi connectivity index (χ4v) is 1.90. The molecule has 3 rings (SSSR count). The van der Waals surface area contributed by atoms with Crippen LogP contribution in [0.5, 0.6) is 0 Å². The van der Waals surface area contributed by atoms with E-state index in [-0.39, 0.29) is 17.3 Å². The normalized spacial score (nSPS) is 14.2. The number of hydrogen-bond acceptors (Lipinski definition) is 5. The van der Waals surface area contributed by atoms with Crippen molar-refractivity contribution >= 4 is 5.91 Å². The van der Waals surface area contributed by atoms with Crippen LogP contribution in [0.2, 0.25) is 0 Å². The second-order valence-electron chi connectivity index (χ2n) is 4.68. The Morgan fingerprint density at radius 3 is 3.00 bits per heavy atom. The van der Waals surface area contributed by atoms with E-state index in [1.54, 1.807) is 6.07 Å². The van der Waals surface area contributed by atoms with Gasteiger partial charge in [-0.25, -0.2) is 9.67 Å². The van der Waals surface area contributed by atoms with Gasteiger partial charge in [0.25, 0.3) is 11.5 Å². The quantitative estimate of drug-likeness (QED) is 0.776. The third kappa shape index (κ3) is 2.73. The molecule has 1 aliphatic rings.